The summed E-state index contributed by atoms with van der Waals surface area (Å²) in [7, 11) is 4.84. The fourth-order valence-corrected chi connectivity index (χ4v) is 3.34. The molecule has 0 aliphatic carbocycles. The first-order valence-corrected chi connectivity index (χ1v) is 8.38. The molecule has 0 spiro atoms. The van der Waals surface area contributed by atoms with E-state index in [9.17, 15) is 9.59 Å². The van der Waals surface area contributed by atoms with E-state index in [2.05, 4.69) is 5.32 Å². The maximum atomic E-state index is 12.9. The lowest BCUT2D eigenvalue weighted by Crippen LogP contribution is -2.30. The van der Waals surface area contributed by atoms with Gasteiger partial charge in [-0.25, -0.2) is 0 Å². The van der Waals surface area contributed by atoms with Crippen LogP contribution in [0.3, 0.4) is 0 Å². The zero-order valence-electron chi connectivity index (χ0n) is 15.1. The highest BCUT2D eigenvalue weighted by Crippen LogP contribution is 2.38. The second-order valence-electron chi connectivity index (χ2n) is 6.23. The van der Waals surface area contributed by atoms with Crippen LogP contribution in [0.25, 0.3) is 0 Å². The molecule has 1 aliphatic rings. The number of carbonyl (C=O) groups is 2. The van der Waals surface area contributed by atoms with Gasteiger partial charge in [0.2, 0.25) is 11.8 Å². The van der Waals surface area contributed by atoms with Crippen molar-refractivity contribution in [1.82, 2.24) is 4.90 Å². The third kappa shape index (κ3) is 3.35. The Morgan fingerprint density at radius 3 is 2.50 bits per heavy atom. The van der Waals surface area contributed by atoms with E-state index in [4.69, 9.17) is 9.47 Å². The molecule has 0 saturated carbocycles. The van der Waals surface area contributed by atoms with Crippen LogP contribution in [0.1, 0.15) is 18.0 Å². The van der Waals surface area contributed by atoms with E-state index in [1.807, 2.05) is 30.3 Å². The van der Waals surface area contributed by atoms with Crippen LogP contribution >= 0.6 is 0 Å². The first-order valence-electron chi connectivity index (χ1n) is 8.38. The summed E-state index contributed by atoms with van der Waals surface area (Å²) in [5, 5.41) is 2.90. The van der Waals surface area contributed by atoms with Crippen LogP contribution in [0.2, 0.25) is 0 Å². The molecule has 0 bridgehead atoms. The molecular weight excluding hydrogens is 332 g/mol. The third-order valence-corrected chi connectivity index (χ3v) is 4.73. The van der Waals surface area contributed by atoms with E-state index in [-0.39, 0.29) is 24.3 Å². The Morgan fingerprint density at radius 1 is 1.12 bits per heavy atom. The van der Waals surface area contributed by atoms with Gasteiger partial charge in [-0.3, -0.25) is 9.59 Å². The molecule has 136 valence electrons. The Hall–Kier alpha value is -3.02. The number of nitrogens with one attached hydrogen (secondary N) is 1. The summed E-state index contributed by atoms with van der Waals surface area (Å²) in [5.74, 6) is 0.423. The van der Waals surface area contributed by atoms with Gasteiger partial charge in [0.25, 0.3) is 0 Å². The van der Waals surface area contributed by atoms with Crippen molar-refractivity contribution in [2.45, 2.75) is 12.5 Å². The highest BCUT2D eigenvalue weighted by atomic mass is 16.5. The van der Waals surface area contributed by atoms with Crippen LogP contribution in [-0.4, -0.2) is 38.0 Å². The molecule has 2 atom stereocenters. The van der Waals surface area contributed by atoms with Crippen LogP contribution in [0.15, 0.2) is 48.5 Å². The van der Waals surface area contributed by atoms with E-state index in [1.54, 1.807) is 37.3 Å². The summed E-state index contributed by atoms with van der Waals surface area (Å²) in [4.78, 5) is 26.8. The van der Waals surface area contributed by atoms with Crippen molar-refractivity contribution in [3.63, 3.8) is 0 Å². The van der Waals surface area contributed by atoms with Gasteiger partial charge in [-0.2, -0.15) is 0 Å². The zero-order valence-corrected chi connectivity index (χ0v) is 15.1. The zero-order chi connectivity index (χ0) is 18.7. The smallest absolute Gasteiger partial charge is 0.230 e. The first kappa shape index (κ1) is 17.8. The summed E-state index contributed by atoms with van der Waals surface area (Å²) >= 11 is 0. The average Bonchev–Trinajstić information content (AvgIpc) is 2.97. The average molecular weight is 354 g/mol. The second kappa shape index (κ2) is 7.47. The third-order valence-electron chi connectivity index (χ3n) is 4.73. The molecule has 0 aromatic heterocycles. The number of nitrogens with zero attached hydrogens (tertiary/aromatic N) is 1. The quantitative estimate of drug-likeness (QED) is 0.896. The minimum absolute atomic E-state index is 0.0410. The predicted octanol–water partition coefficient (Wildman–Crippen LogP) is 2.86. The predicted molar refractivity (Wildman–Crippen MR) is 98.2 cm³/mol. The number of hydrogen-bond donors (Lipinski definition) is 1. The second-order valence-corrected chi connectivity index (χ2v) is 6.23. The number of carbonyl (C=O) groups excluding carboxylic acids is 2. The standard InChI is InChI=1S/C20H22N2O4/c1-22-18(23)12-15(19(22)13-7-5-4-6-8-13)20(24)21-16-10-9-14(25-2)11-17(16)26-3/h4-11,15,19H,12H2,1-3H3,(H,21,24)/t15-,19-/m0/s1. The SMILES string of the molecule is COc1ccc(NC(=O)[C@H]2CC(=O)N(C)[C@H]2c2ccccc2)c(OC)c1. The van der Waals surface area contributed by atoms with Crippen molar-refractivity contribution in [3.8, 4) is 11.5 Å². The number of methoxy groups -OCH3 is 2. The van der Waals surface area contributed by atoms with Gasteiger partial charge in [0, 0.05) is 19.5 Å². The monoisotopic (exact) mass is 354 g/mol. The minimum Gasteiger partial charge on any atom is -0.497 e. The van der Waals surface area contributed by atoms with Crippen LogP contribution in [0, 0.1) is 5.92 Å². The molecule has 1 N–H and O–H groups in total. The number of likely N-dealkylation sites (tertiary alicyclic amines) is 1. The molecule has 1 heterocycles. The van der Waals surface area contributed by atoms with E-state index < -0.39 is 5.92 Å². The molecule has 0 radical (unpaired) electrons. The van der Waals surface area contributed by atoms with Gasteiger partial charge in [-0.15, -0.1) is 0 Å². The lowest BCUT2D eigenvalue weighted by molar-refractivity contribution is -0.127. The largest absolute Gasteiger partial charge is 0.497 e. The van der Waals surface area contributed by atoms with Gasteiger partial charge in [-0.05, 0) is 17.7 Å². The van der Waals surface area contributed by atoms with E-state index in [1.165, 1.54) is 7.11 Å². The van der Waals surface area contributed by atoms with Crippen LogP contribution < -0.4 is 14.8 Å². The maximum absolute atomic E-state index is 12.9. The summed E-state index contributed by atoms with van der Waals surface area (Å²) in [6.45, 7) is 0. The van der Waals surface area contributed by atoms with Crippen LogP contribution in [0.4, 0.5) is 5.69 Å². The molecule has 2 aromatic rings. The molecule has 2 amide bonds. The van der Waals surface area contributed by atoms with Gasteiger partial charge in [0.15, 0.2) is 0 Å². The Kier molecular flexibility index (Phi) is 5.11. The fourth-order valence-electron chi connectivity index (χ4n) is 3.34. The lowest BCUT2D eigenvalue weighted by atomic mass is 9.93. The molecular formula is C20H22N2O4. The van der Waals surface area contributed by atoms with Crippen molar-refractivity contribution in [3.05, 3.63) is 54.1 Å². The Balaban J connectivity index is 1.86. The molecule has 1 saturated heterocycles. The van der Waals surface area contributed by atoms with E-state index >= 15 is 0 Å². The van der Waals surface area contributed by atoms with Gasteiger partial charge in [-0.1, -0.05) is 30.3 Å². The normalized spacial score (nSPS) is 19.3. The number of rotatable bonds is 5. The number of ether oxygens (including phenoxy) is 2. The summed E-state index contributed by atoms with van der Waals surface area (Å²) in [6, 6.07) is 14.5. The van der Waals surface area contributed by atoms with Crippen molar-refractivity contribution < 1.29 is 19.1 Å². The molecule has 6 heteroatoms. The number of benzene rings is 2. The topological polar surface area (TPSA) is 67.9 Å². The van der Waals surface area contributed by atoms with Gasteiger partial charge in [0.1, 0.15) is 11.5 Å². The molecule has 26 heavy (non-hydrogen) atoms. The van der Waals surface area contributed by atoms with Gasteiger partial charge in [0.05, 0.1) is 31.9 Å². The van der Waals surface area contributed by atoms with Crippen molar-refractivity contribution >= 4 is 17.5 Å². The van der Waals surface area contributed by atoms with E-state index in [0.717, 1.165) is 5.56 Å². The van der Waals surface area contributed by atoms with Gasteiger partial charge >= 0.3 is 0 Å². The first-order chi connectivity index (χ1) is 12.5. The Bertz CT molecular complexity index is 807. The molecule has 6 nitrogen and oxygen atoms in total. The molecule has 1 fully saturated rings. The number of hydrogen-bond acceptors (Lipinski definition) is 4. The van der Waals surface area contributed by atoms with Crippen LogP contribution in [0.5, 0.6) is 11.5 Å². The van der Waals surface area contributed by atoms with Crippen molar-refractivity contribution in [1.29, 1.82) is 0 Å². The minimum atomic E-state index is -0.471. The lowest BCUT2D eigenvalue weighted by Gasteiger charge is -2.25. The molecule has 2 aromatic carbocycles. The highest BCUT2D eigenvalue weighted by molar-refractivity contribution is 5.98. The summed E-state index contributed by atoms with van der Waals surface area (Å²) in [6.07, 6.45) is 0.181. The van der Waals surface area contributed by atoms with Gasteiger partial charge < -0.3 is 19.7 Å². The van der Waals surface area contributed by atoms with Crippen molar-refractivity contribution in [2.75, 3.05) is 26.6 Å². The molecule has 3 rings (SSSR count). The Labute approximate surface area is 152 Å². The van der Waals surface area contributed by atoms with Crippen LogP contribution in [-0.2, 0) is 9.59 Å². The maximum Gasteiger partial charge on any atom is 0.230 e. The fraction of sp³-hybridized carbons (Fsp3) is 0.300. The molecule has 1 aliphatic heterocycles. The summed E-state index contributed by atoms with van der Waals surface area (Å²) in [5.41, 5.74) is 1.50. The summed E-state index contributed by atoms with van der Waals surface area (Å²) < 4.78 is 10.5. The Morgan fingerprint density at radius 2 is 1.85 bits per heavy atom. The molecule has 0 unspecified atom stereocenters. The number of anilines is 1. The van der Waals surface area contributed by atoms with E-state index in [0.29, 0.717) is 17.2 Å². The highest BCUT2D eigenvalue weighted by Gasteiger charge is 2.42. The number of amides is 2. The van der Waals surface area contributed by atoms with Crippen molar-refractivity contribution in [2.24, 2.45) is 5.92 Å².